The van der Waals surface area contributed by atoms with E-state index in [4.69, 9.17) is 0 Å². The van der Waals surface area contributed by atoms with Gasteiger partial charge in [-0.15, -0.1) is 5.10 Å². The van der Waals surface area contributed by atoms with E-state index in [-0.39, 0.29) is 17.2 Å². The van der Waals surface area contributed by atoms with Gasteiger partial charge in [-0.25, -0.2) is 0 Å². The highest BCUT2D eigenvalue weighted by molar-refractivity contribution is 8.00. The predicted octanol–water partition coefficient (Wildman–Crippen LogP) is 3.26. The molecule has 1 unspecified atom stereocenters. The molecule has 158 valence electrons. The first-order chi connectivity index (χ1) is 14.5. The van der Waals surface area contributed by atoms with Crippen molar-refractivity contribution in [3.63, 3.8) is 0 Å². The van der Waals surface area contributed by atoms with Crippen molar-refractivity contribution in [2.75, 3.05) is 0 Å². The summed E-state index contributed by atoms with van der Waals surface area (Å²) in [4.78, 5) is 12.8. The van der Waals surface area contributed by atoms with Crippen molar-refractivity contribution in [1.29, 1.82) is 0 Å². The number of aromatic nitrogens is 6. The molecule has 0 saturated heterocycles. The summed E-state index contributed by atoms with van der Waals surface area (Å²) in [6.07, 6.45) is 7.98. The fourth-order valence-corrected chi connectivity index (χ4v) is 4.64. The molecule has 0 aliphatic heterocycles. The topological polar surface area (TPSA) is 90.5 Å². The number of carbonyl (C=O) groups is 1. The van der Waals surface area contributed by atoms with Crippen LogP contribution in [0, 0.1) is 13.8 Å². The average Bonchev–Trinajstić information content (AvgIpc) is 3.37. The molecule has 1 saturated carbocycles. The molecule has 30 heavy (non-hydrogen) atoms. The number of rotatable bonds is 6. The molecule has 9 heteroatoms. The molecule has 1 fully saturated rings. The lowest BCUT2D eigenvalue weighted by Crippen LogP contribution is -2.41. The fraction of sp³-hybridized carbons (Fsp3) is 0.476. The lowest BCUT2D eigenvalue weighted by Gasteiger charge is -2.30. The van der Waals surface area contributed by atoms with Gasteiger partial charge in [-0.3, -0.25) is 9.48 Å². The largest absolute Gasteiger partial charge is 0.352 e. The Labute approximate surface area is 180 Å². The van der Waals surface area contributed by atoms with Gasteiger partial charge in [0.2, 0.25) is 11.1 Å². The van der Waals surface area contributed by atoms with Crippen LogP contribution in [-0.2, 0) is 4.79 Å². The normalized spacial score (nSPS) is 20.1. The molecule has 0 radical (unpaired) electrons. The Bertz CT molecular complexity index is 1010. The zero-order valence-electron chi connectivity index (χ0n) is 17.5. The number of benzene rings is 1. The number of carbonyl (C=O) groups excluding carboxylic acids is 1. The molecule has 1 aliphatic carbocycles. The van der Waals surface area contributed by atoms with Gasteiger partial charge in [-0.1, -0.05) is 23.9 Å². The van der Waals surface area contributed by atoms with Crippen LogP contribution in [0.25, 0.3) is 5.69 Å². The van der Waals surface area contributed by atoms with E-state index in [1.165, 1.54) is 17.3 Å². The quantitative estimate of drug-likeness (QED) is 0.610. The number of nitrogens with zero attached hydrogens (tertiary/aromatic N) is 6. The van der Waals surface area contributed by atoms with E-state index in [9.17, 15) is 4.79 Å². The summed E-state index contributed by atoms with van der Waals surface area (Å²) in [7, 11) is 0. The van der Waals surface area contributed by atoms with Gasteiger partial charge < -0.3 is 5.32 Å². The maximum absolute atomic E-state index is 12.8. The molecule has 4 rings (SSSR count). The first-order valence-corrected chi connectivity index (χ1v) is 11.2. The smallest absolute Gasteiger partial charge is 0.233 e. The molecule has 2 heterocycles. The fourth-order valence-electron chi connectivity index (χ4n) is 3.82. The lowest BCUT2D eigenvalue weighted by molar-refractivity contribution is -0.121. The van der Waals surface area contributed by atoms with Gasteiger partial charge in [0.1, 0.15) is 0 Å². The highest BCUT2D eigenvalue weighted by atomic mass is 32.2. The van der Waals surface area contributed by atoms with Crippen LogP contribution >= 0.6 is 11.8 Å². The van der Waals surface area contributed by atoms with Crippen molar-refractivity contribution in [2.45, 2.75) is 68.9 Å². The molecule has 0 bridgehead atoms. The number of hydrogen-bond donors (Lipinski definition) is 1. The Morgan fingerprint density at radius 2 is 2.00 bits per heavy atom. The summed E-state index contributed by atoms with van der Waals surface area (Å²) in [5.74, 6) is 0.0252. The number of tetrazole rings is 1. The third-order valence-electron chi connectivity index (χ3n) is 5.49. The van der Waals surface area contributed by atoms with Crippen molar-refractivity contribution < 1.29 is 4.79 Å². The Morgan fingerprint density at radius 3 is 2.70 bits per heavy atom. The molecule has 1 aliphatic rings. The molecule has 0 spiro atoms. The first kappa shape index (κ1) is 20.6. The molecule has 1 N–H and O–H groups in total. The molecule has 2 aromatic heterocycles. The van der Waals surface area contributed by atoms with Crippen molar-refractivity contribution in [3.8, 4) is 5.69 Å². The van der Waals surface area contributed by atoms with E-state index in [0.717, 1.165) is 36.9 Å². The van der Waals surface area contributed by atoms with Crippen LogP contribution in [0.5, 0.6) is 0 Å². The van der Waals surface area contributed by atoms with E-state index in [1.807, 2.05) is 44.3 Å². The molecule has 1 atom stereocenters. The number of hydrogen-bond acceptors (Lipinski definition) is 6. The van der Waals surface area contributed by atoms with Crippen molar-refractivity contribution in [1.82, 2.24) is 35.3 Å². The van der Waals surface area contributed by atoms with Gasteiger partial charge in [0.25, 0.3) is 0 Å². The van der Waals surface area contributed by atoms with E-state index in [2.05, 4.69) is 43.7 Å². The zero-order valence-corrected chi connectivity index (χ0v) is 18.3. The Kier molecular flexibility index (Phi) is 6.17. The van der Waals surface area contributed by atoms with Gasteiger partial charge >= 0.3 is 0 Å². The third-order valence-corrected chi connectivity index (χ3v) is 6.52. The van der Waals surface area contributed by atoms with Crippen LogP contribution in [0.4, 0.5) is 0 Å². The van der Waals surface area contributed by atoms with Crippen LogP contribution in [-0.4, -0.2) is 47.2 Å². The summed E-state index contributed by atoms with van der Waals surface area (Å²) in [6, 6.07) is 8.61. The highest BCUT2D eigenvalue weighted by Crippen LogP contribution is 2.29. The van der Waals surface area contributed by atoms with Crippen LogP contribution < -0.4 is 5.32 Å². The van der Waals surface area contributed by atoms with Crippen molar-refractivity contribution in [3.05, 3.63) is 47.8 Å². The zero-order chi connectivity index (χ0) is 21.1. The Morgan fingerprint density at radius 1 is 1.20 bits per heavy atom. The minimum absolute atomic E-state index is 0.0252. The summed E-state index contributed by atoms with van der Waals surface area (Å²) < 4.78 is 3.75. The average molecular weight is 426 g/mol. The Hall–Kier alpha value is -2.68. The maximum atomic E-state index is 12.8. The van der Waals surface area contributed by atoms with Gasteiger partial charge in [0.05, 0.1) is 23.2 Å². The summed E-state index contributed by atoms with van der Waals surface area (Å²) in [5.41, 5.74) is 3.21. The molecule has 8 nitrogen and oxygen atoms in total. The van der Waals surface area contributed by atoms with Crippen LogP contribution in [0.3, 0.4) is 0 Å². The number of nitrogens with one attached hydrogen (secondary N) is 1. The minimum Gasteiger partial charge on any atom is -0.352 e. The summed E-state index contributed by atoms with van der Waals surface area (Å²) in [5, 5.41) is 20.0. The Balaban J connectivity index is 1.32. The summed E-state index contributed by atoms with van der Waals surface area (Å²) in [6.45, 7) is 5.98. The molecular weight excluding hydrogens is 398 g/mol. The van der Waals surface area contributed by atoms with Crippen LogP contribution in [0.1, 0.15) is 49.8 Å². The molecule has 3 aromatic rings. The van der Waals surface area contributed by atoms with Gasteiger partial charge in [-0.2, -0.15) is 9.78 Å². The maximum Gasteiger partial charge on any atom is 0.233 e. The van der Waals surface area contributed by atoms with Crippen LogP contribution in [0.2, 0.25) is 0 Å². The van der Waals surface area contributed by atoms with E-state index >= 15 is 0 Å². The second kappa shape index (κ2) is 8.99. The monoisotopic (exact) mass is 425 g/mol. The van der Waals surface area contributed by atoms with Crippen molar-refractivity contribution >= 4 is 17.7 Å². The molecule has 1 aromatic carbocycles. The van der Waals surface area contributed by atoms with E-state index in [1.54, 1.807) is 4.68 Å². The van der Waals surface area contributed by atoms with Gasteiger partial charge in [0.15, 0.2) is 0 Å². The van der Waals surface area contributed by atoms with Gasteiger partial charge in [0, 0.05) is 12.2 Å². The number of amides is 1. The number of aryl methyl sites for hydroxylation is 2. The van der Waals surface area contributed by atoms with Crippen molar-refractivity contribution in [2.24, 2.45) is 0 Å². The number of thioether (sulfide) groups is 1. The second-order valence-electron chi connectivity index (χ2n) is 7.98. The lowest BCUT2D eigenvalue weighted by atomic mass is 9.91. The minimum atomic E-state index is -0.286. The third kappa shape index (κ3) is 4.72. The van der Waals surface area contributed by atoms with E-state index < -0.39 is 0 Å². The second-order valence-corrected chi connectivity index (χ2v) is 9.29. The predicted molar refractivity (Wildman–Crippen MR) is 116 cm³/mol. The molecule has 1 amide bonds. The molecular formula is C21H27N7OS. The van der Waals surface area contributed by atoms with Crippen LogP contribution in [0.15, 0.2) is 41.8 Å². The highest BCUT2D eigenvalue weighted by Gasteiger charge is 2.26. The SMILES string of the molecule is Cc1cccc(-n2nnnc2SC(C)C(=O)NC2CCC(n3cc(C)cn3)CC2)c1. The summed E-state index contributed by atoms with van der Waals surface area (Å²) >= 11 is 1.38. The van der Waals surface area contributed by atoms with E-state index in [0.29, 0.717) is 11.2 Å². The first-order valence-electron chi connectivity index (χ1n) is 10.3. The van der Waals surface area contributed by atoms with Gasteiger partial charge in [-0.05, 0) is 80.1 Å². The standard InChI is InChI=1S/C21H27N7OS/c1-14-5-4-6-19(11-14)28-21(24-25-26-28)30-16(3)20(29)23-17-7-9-18(10-8-17)27-13-15(2)12-22-27/h4-6,11-13,16-18H,7-10H2,1-3H3,(H,23,29).